The van der Waals surface area contributed by atoms with Crippen molar-refractivity contribution >= 4 is 118 Å². The fourth-order valence-corrected chi connectivity index (χ4v) is 9.94. The van der Waals surface area contributed by atoms with Crippen LogP contribution in [-0.4, -0.2) is 114 Å². The third-order valence-electron chi connectivity index (χ3n) is 12.8. The lowest BCUT2D eigenvalue weighted by atomic mass is 9.95. The molecule has 7 amide bonds. The van der Waals surface area contributed by atoms with Crippen LogP contribution in [0.1, 0.15) is 103 Å². The topological polar surface area (TPSA) is 255 Å². The van der Waals surface area contributed by atoms with Crippen LogP contribution in [0.25, 0.3) is 0 Å². The van der Waals surface area contributed by atoms with Gasteiger partial charge >= 0.3 is 17.9 Å². The van der Waals surface area contributed by atoms with Crippen LogP contribution in [0.5, 0.6) is 0 Å². The summed E-state index contributed by atoms with van der Waals surface area (Å²) in [6, 6.07) is 30.2. The number of rotatable bonds is 23. The zero-order chi connectivity index (χ0) is 62.2. The largest absolute Gasteiger partial charge is 0.478 e. The molecule has 0 spiro atoms. The molecule has 0 fully saturated rings. The number of anilines is 2. The number of nitrogens with one attached hydrogen (secondary N) is 3. The second kappa shape index (κ2) is 30.3. The molecule has 4 N–H and O–H groups in total. The number of hydrogen-bond acceptors (Lipinski definition) is 12. The molecular formula is C62H60Cl4N6O13. The van der Waals surface area contributed by atoms with Crippen molar-refractivity contribution in [2.24, 2.45) is 0 Å². The average Bonchev–Trinajstić information content (AvgIpc) is 2.33. The summed E-state index contributed by atoms with van der Waals surface area (Å²) in [7, 11) is 3.21. The van der Waals surface area contributed by atoms with Crippen LogP contribution >= 0.6 is 46.4 Å². The number of aromatic carboxylic acids is 1. The molecule has 1 heterocycles. The van der Waals surface area contributed by atoms with Gasteiger partial charge in [0.25, 0.3) is 17.7 Å². The Hall–Kier alpha value is -8.62. The van der Waals surface area contributed by atoms with Crippen LogP contribution in [0.15, 0.2) is 121 Å². The number of fused-ring (bicyclic) bond motifs is 1. The summed E-state index contributed by atoms with van der Waals surface area (Å²) >= 11 is 24.7. The Bertz CT molecular complexity index is 3470. The maximum absolute atomic E-state index is 13.4. The van der Waals surface area contributed by atoms with Gasteiger partial charge < -0.3 is 40.3 Å². The number of carbonyl (C=O) groups is 10. The molecule has 0 saturated carbocycles. The van der Waals surface area contributed by atoms with Crippen molar-refractivity contribution in [3.63, 3.8) is 0 Å². The fraction of sp³-hybridized carbons (Fsp3) is 0.258. The Morgan fingerprint density at radius 2 is 1.05 bits per heavy atom. The van der Waals surface area contributed by atoms with Crippen molar-refractivity contribution in [1.82, 2.24) is 20.4 Å². The van der Waals surface area contributed by atoms with Crippen LogP contribution < -0.4 is 20.9 Å². The summed E-state index contributed by atoms with van der Waals surface area (Å²) < 4.78 is 10.7. The number of benzene rings is 6. The van der Waals surface area contributed by atoms with Crippen LogP contribution in [-0.2, 0) is 77.0 Å². The van der Waals surface area contributed by atoms with Gasteiger partial charge in [0.15, 0.2) is 0 Å². The Kier molecular flexibility index (Phi) is 23.3. The van der Waals surface area contributed by atoms with Gasteiger partial charge in [-0.1, -0.05) is 107 Å². The molecule has 6 aromatic carbocycles. The molecular weight excluding hydrogens is 1180 g/mol. The molecule has 19 nitrogen and oxygen atoms in total. The Labute approximate surface area is 510 Å². The van der Waals surface area contributed by atoms with Crippen LogP contribution in [0, 0.1) is 0 Å². The molecule has 0 aliphatic carbocycles. The van der Waals surface area contributed by atoms with E-state index in [1.807, 2.05) is 0 Å². The molecule has 1 aliphatic rings. The normalized spacial score (nSPS) is 12.4. The molecule has 0 saturated heterocycles. The summed E-state index contributed by atoms with van der Waals surface area (Å²) in [6.07, 6.45) is 0.518. The van der Waals surface area contributed by atoms with E-state index in [4.69, 9.17) is 55.9 Å². The van der Waals surface area contributed by atoms with E-state index in [0.29, 0.717) is 64.1 Å². The van der Waals surface area contributed by atoms with Gasteiger partial charge in [0.1, 0.15) is 12.1 Å². The lowest BCUT2D eigenvalue weighted by molar-refractivity contribution is -0.150. The first kappa shape index (κ1) is 65.5. The number of carboxylic acids is 1. The van der Waals surface area contributed by atoms with Crippen molar-refractivity contribution in [3.8, 4) is 0 Å². The smallest absolute Gasteiger partial charge is 0.335 e. The number of ether oxygens (including phenoxy) is 2. The molecule has 1 aliphatic heterocycles. The molecule has 6 aromatic rings. The van der Waals surface area contributed by atoms with E-state index < -0.39 is 65.8 Å². The van der Waals surface area contributed by atoms with Gasteiger partial charge in [-0.25, -0.2) is 19.3 Å². The van der Waals surface area contributed by atoms with Gasteiger partial charge in [0, 0.05) is 51.3 Å². The van der Waals surface area contributed by atoms with Crippen molar-refractivity contribution in [2.75, 3.05) is 24.3 Å². The number of hydrogen-bond donors (Lipinski definition) is 4. The number of nitrogens with zero attached hydrogens (tertiary/aromatic N) is 3. The minimum atomic E-state index is -1.18. The lowest BCUT2D eigenvalue weighted by Crippen LogP contribution is -2.44. The summed E-state index contributed by atoms with van der Waals surface area (Å²) in [4.78, 5) is 128. The molecule has 0 unspecified atom stereocenters. The highest BCUT2D eigenvalue weighted by Gasteiger charge is 2.33. The quantitative estimate of drug-likeness (QED) is 0.0265. The van der Waals surface area contributed by atoms with Crippen LogP contribution in [0.3, 0.4) is 0 Å². The van der Waals surface area contributed by atoms with E-state index in [1.165, 1.54) is 40.1 Å². The third kappa shape index (κ3) is 18.2. The predicted molar refractivity (Wildman–Crippen MR) is 321 cm³/mol. The highest BCUT2D eigenvalue weighted by Crippen LogP contribution is 2.29. The molecule has 0 bridgehead atoms. The molecule has 23 heteroatoms. The maximum atomic E-state index is 13.4. The predicted octanol–water partition coefficient (Wildman–Crippen LogP) is 9.36. The number of halogens is 4. The van der Waals surface area contributed by atoms with Gasteiger partial charge in [-0.15, -0.1) is 0 Å². The summed E-state index contributed by atoms with van der Waals surface area (Å²) in [5, 5.41) is 18.2. The van der Waals surface area contributed by atoms with E-state index >= 15 is 0 Å². The third-order valence-corrected chi connectivity index (χ3v) is 14.0. The second-order valence-electron chi connectivity index (χ2n) is 20.3. The minimum absolute atomic E-state index is 0.0262. The van der Waals surface area contributed by atoms with Crippen molar-refractivity contribution in [2.45, 2.75) is 90.8 Å². The van der Waals surface area contributed by atoms with E-state index in [2.05, 4.69) is 16.0 Å². The van der Waals surface area contributed by atoms with Crippen molar-refractivity contribution < 1.29 is 62.5 Å². The molecule has 2 atom stereocenters. The highest BCUT2D eigenvalue weighted by atomic mass is 35.5. The van der Waals surface area contributed by atoms with Crippen molar-refractivity contribution in [3.05, 3.63) is 197 Å². The molecule has 444 valence electrons. The lowest BCUT2D eigenvalue weighted by Gasteiger charge is -2.27. The van der Waals surface area contributed by atoms with E-state index in [9.17, 15) is 53.1 Å². The first-order valence-electron chi connectivity index (χ1n) is 26.4. The van der Waals surface area contributed by atoms with Crippen molar-refractivity contribution in [1.29, 1.82) is 0 Å². The number of carbonyl (C=O) groups excluding carboxylic acids is 9. The summed E-state index contributed by atoms with van der Waals surface area (Å²) in [5.74, 6) is -4.99. The van der Waals surface area contributed by atoms with Gasteiger partial charge in [-0.3, -0.25) is 33.6 Å². The average molecular weight is 1240 g/mol. The number of imide groups is 1. The number of carboxylic acid groups (broad SMARTS) is 1. The Balaban J connectivity index is 0.000000272. The van der Waals surface area contributed by atoms with E-state index in [-0.39, 0.29) is 74.9 Å². The Morgan fingerprint density at radius 1 is 0.612 bits per heavy atom. The summed E-state index contributed by atoms with van der Waals surface area (Å²) in [5.41, 5.74) is 4.90. The van der Waals surface area contributed by atoms with Crippen LogP contribution in [0.2, 0.25) is 20.1 Å². The highest BCUT2D eigenvalue weighted by molar-refractivity contribution is 6.40. The molecule has 0 aromatic heterocycles. The SMILES string of the molecule is CC(C)OC(=O)[C@H](Cc1ccc(N2C(=O)Cc3ccc(CN(C)C=O)cc3C2=O)cc1)NC(=O)c1c(Cl)cccc1Cl.CC(C)OC(=O)[C@H](Cc1ccc(NC(=O)Cc2ccc(CN(C)C=O)cc2C(=O)O)cc1)NC(=O)c1c(Cl)cccc1Cl. The van der Waals surface area contributed by atoms with Gasteiger partial charge in [0.2, 0.25) is 24.6 Å². The maximum Gasteiger partial charge on any atom is 0.335 e. The van der Waals surface area contributed by atoms with E-state index in [0.717, 1.165) is 10.5 Å². The standard InChI is InChI=1S/C31H31Cl2N3O7.C31H29Cl2N3O6/c1-18(2)43-31(42)26(35-29(39)28-24(32)5-4-6-25(28)33)14-19-8-11-22(12-9-19)34-27(38)15-21-10-7-20(16-36(3)17-37)13-23(21)30(40)41;1-18(2)42-31(41)26(34-29(39)28-24(32)5-4-6-25(28)33)14-19-8-11-22(12-9-19)36-27(38)15-21-10-7-20(16-35(3)17-37)13-23(21)30(36)40/h4-13,17-18,26H,14-16H2,1-3H3,(H,34,38)(H,35,39)(H,40,41);4-13,17-18,26H,14-16H2,1-3H3,(H,34,39)/t2*26-/m00/s1. The Morgan fingerprint density at radius 3 is 1.49 bits per heavy atom. The zero-order valence-electron chi connectivity index (χ0n) is 47.0. The second-order valence-corrected chi connectivity index (χ2v) is 21.9. The number of amides is 7. The number of esters is 2. The van der Waals surface area contributed by atoms with Gasteiger partial charge in [-0.2, -0.15) is 0 Å². The fourth-order valence-electron chi connectivity index (χ4n) is 8.80. The monoisotopic (exact) mass is 1240 g/mol. The first-order chi connectivity index (χ1) is 40.3. The zero-order valence-corrected chi connectivity index (χ0v) is 50.0. The van der Waals surface area contributed by atoms with Gasteiger partial charge in [-0.05, 0) is 122 Å². The van der Waals surface area contributed by atoms with Crippen LogP contribution in [0.4, 0.5) is 11.4 Å². The summed E-state index contributed by atoms with van der Waals surface area (Å²) in [6.45, 7) is 7.34. The van der Waals surface area contributed by atoms with E-state index in [1.54, 1.807) is 133 Å². The minimum Gasteiger partial charge on any atom is -0.478 e. The van der Waals surface area contributed by atoms with Gasteiger partial charge in [0.05, 0.1) is 67.5 Å². The first-order valence-corrected chi connectivity index (χ1v) is 27.9. The molecule has 7 rings (SSSR count). The molecule has 85 heavy (non-hydrogen) atoms. The molecule has 0 radical (unpaired) electrons.